The number of nitrogens with one attached hydrogen (secondary N) is 1. The minimum absolute atomic E-state index is 0.0129. The molecule has 118 valence electrons. The third-order valence-corrected chi connectivity index (χ3v) is 5.01. The molecule has 1 aromatic carbocycles. The summed E-state index contributed by atoms with van der Waals surface area (Å²) in [5.41, 5.74) is 0.241. The van der Waals surface area contributed by atoms with Crippen LogP contribution >= 0.6 is 11.3 Å². The molecule has 3 N–H and O–H groups in total. The van der Waals surface area contributed by atoms with E-state index in [1.807, 2.05) is 17.5 Å². The molecule has 6 nitrogen and oxygen atoms in total. The minimum atomic E-state index is -3.76. The number of aromatic amines is 1. The number of aromatic nitrogens is 2. The molecule has 23 heavy (non-hydrogen) atoms. The van der Waals surface area contributed by atoms with E-state index in [2.05, 4.69) is 11.7 Å². The lowest BCUT2D eigenvalue weighted by Gasteiger charge is -2.02. The molecule has 3 aromatic rings. The Hall–Kier alpha value is -2.42. The summed E-state index contributed by atoms with van der Waals surface area (Å²) in [5.74, 6) is 0. The average Bonchev–Trinajstić information content (AvgIpc) is 3.10. The van der Waals surface area contributed by atoms with Crippen molar-refractivity contribution in [2.45, 2.75) is 4.90 Å². The summed E-state index contributed by atoms with van der Waals surface area (Å²) < 4.78 is 23.9. The normalized spacial score (nSPS) is 12.7. The summed E-state index contributed by atoms with van der Waals surface area (Å²) in [6.07, 6.45) is 1.76. The van der Waals surface area contributed by atoms with Crippen LogP contribution < -0.4 is 21.3 Å². The molecular weight excluding hydrogens is 334 g/mol. The maximum atomic E-state index is 12.5. The van der Waals surface area contributed by atoms with E-state index in [-0.39, 0.29) is 10.5 Å². The second kappa shape index (κ2) is 5.65. The fourth-order valence-electron chi connectivity index (χ4n) is 2.13. The lowest BCUT2D eigenvalue weighted by Crippen LogP contribution is -2.33. The van der Waals surface area contributed by atoms with Crippen molar-refractivity contribution in [3.63, 3.8) is 0 Å². The van der Waals surface area contributed by atoms with E-state index in [9.17, 15) is 13.2 Å². The largest absolute Gasteiger partial charge is 0.291 e. The van der Waals surface area contributed by atoms with E-state index in [0.717, 1.165) is 4.88 Å². The van der Waals surface area contributed by atoms with Crippen molar-refractivity contribution >= 4 is 34.0 Å². The smallest absolute Gasteiger partial charge is 0.279 e. The zero-order chi connectivity index (χ0) is 16.6. The Kier molecular flexibility index (Phi) is 3.80. The highest BCUT2D eigenvalue weighted by molar-refractivity contribution is 7.89. The van der Waals surface area contributed by atoms with Crippen molar-refractivity contribution in [3.05, 3.63) is 67.6 Å². The lowest BCUT2D eigenvalue weighted by atomic mass is 10.3. The van der Waals surface area contributed by atoms with Crippen LogP contribution in [0.3, 0.4) is 0 Å². The van der Waals surface area contributed by atoms with Crippen molar-refractivity contribution in [1.29, 1.82) is 0 Å². The maximum absolute atomic E-state index is 12.5. The molecule has 0 atom stereocenters. The van der Waals surface area contributed by atoms with Gasteiger partial charge in [0.25, 0.3) is 5.56 Å². The van der Waals surface area contributed by atoms with Crippen molar-refractivity contribution in [2.24, 2.45) is 5.14 Å². The molecule has 0 amide bonds. The van der Waals surface area contributed by atoms with Crippen molar-refractivity contribution in [1.82, 2.24) is 9.78 Å². The van der Waals surface area contributed by atoms with Crippen LogP contribution in [-0.4, -0.2) is 18.2 Å². The minimum Gasteiger partial charge on any atom is -0.291 e. The monoisotopic (exact) mass is 347 g/mol. The number of benzene rings is 1. The van der Waals surface area contributed by atoms with Gasteiger partial charge >= 0.3 is 0 Å². The van der Waals surface area contributed by atoms with Gasteiger partial charge in [-0.25, -0.2) is 18.2 Å². The van der Waals surface area contributed by atoms with Crippen LogP contribution in [0.15, 0.2) is 51.5 Å². The van der Waals surface area contributed by atoms with Gasteiger partial charge in [0.15, 0.2) is 0 Å². The van der Waals surface area contributed by atoms with Crippen LogP contribution in [0.1, 0.15) is 4.88 Å². The van der Waals surface area contributed by atoms with Gasteiger partial charge in [0.05, 0.1) is 21.2 Å². The Morgan fingerprint density at radius 1 is 1.22 bits per heavy atom. The Morgan fingerprint density at radius 3 is 2.48 bits per heavy atom. The van der Waals surface area contributed by atoms with Crippen molar-refractivity contribution in [2.75, 3.05) is 0 Å². The molecule has 0 bridgehead atoms. The predicted octanol–water partition coefficient (Wildman–Crippen LogP) is 0.114. The van der Waals surface area contributed by atoms with Crippen LogP contribution in [0.5, 0.6) is 0 Å². The predicted molar refractivity (Wildman–Crippen MR) is 90.4 cm³/mol. The fraction of sp³-hybridized carbons (Fsp3) is 0. The van der Waals surface area contributed by atoms with E-state index < -0.39 is 10.0 Å². The number of primary sulfonamides is 1. The molecular formula is C15H13N3O3S2. The SMILES string of the molecule is C=c1[nH]n(-c2ccc(S(N)(=O)=O)cc2)c(=O)/c1=C\c1cccs1. The highest BCUT2D eigenvalue weighted by atomic mass is 32.2. The van der Waals surface area contributed by atoms with E-state index >= 15 is 0 Å². The number of hydrogen-bond donors (Lipinski definition) is 2. The van der Waals surface area contributed by atoms with Gasteiger partial charge < -0.3 is 0 Å². The van der Waals surface area contributed by atoms with E-state index in [1.165, 1.54) is 40.3 Å². The molecule has 2 aromatic heterocycles. The quantitative estimate of drug-likeness (QED) is 0.704. The molecule has 3 rings (SSSR count). The fourth-order valence-corrected chi connectivity index (χ4v) is 3.30. The van der Waals surface area contributed by atoms with Crippen molar-refractivity contribution in [3.8, 4) is 5.69 Å². The van der Waals surface area contributed by atoms with Crippen LogP contribution in [0, 0.1) is 0 Å². The number of sulfonamides is 1. The maximum Gasteiger partial charge on any atom is 0.279 e. The van der Waals surface area contributed by atoms with Gasteiger partial charge in [-0.05, 0) is 41.8 Å². The van der Waals surface area contributed by atoms with Crippen LogP contribution in [-0.2, 0) is 10.0 Å². The molecule has 0 unspecified atom stereocenters. The third kappa shape index (κ3) is 3.04. The average molecular weight is 347 g/mol. The van der Waals surface area contributed by atoms with E-state index in [4.69, 9.17) is 5.14 Å². The first kappa shape index (κ1) is 15.5. The number of nitrogens with two attached hydrogens (primary N) is 1. The van der Waals surface area contributed by atoms with Crippen LogP contribution in [0.2, 0.25) is 0 Å². The molecule has 0 radical (unpaired) electrons. The zero-order valence-corrected chi connectivity index (χ0v) is 13.5. The first-order chi connectivity index (χ1) is 10.9. The van der Waals surface area contributed by atoms with Crippen LogP contribution in [0.25, 0.3) is 18.3 Å². The first-order valence-electron chi connectivity index (χ1n) is 6.55. The molecule has 0 aliphatic heterocycles. The standard InChI is InChI=1S/C15H13N3O3S2/c1-10-14(9-12-3-2-8-22-12)15(19)18(17-10)11-4-6-13(7-5-11)23(16,20)21/h2-9,17H,1H2,(H2,16,20,21)/b14-9-. The van der Waals surface area contributed by atoms with Gasteiger partial charge in [0, 0.05) is 4.88 Å². The Bertz CT molecular complexity index is 1110. The Balaban J connectivity index is 2.13. The highest BCUT2D eigenvalue weighted by Crippen LogP contribution is 2.10. The third-order valence-electron chi connectivity index (χ3n) is 3.26. The Morgan fingerprint density at radius 2 is 1.91 bits per heavy atom. The summed E-state index contributed by atoms with van der Waals surface area (Å²) in [6.45, 7) is 3.85. The van der Waals surface area contributed by atoms with Gasteiger partial charge in [0.2, 0.25) is 10.0 Å². The number of thiophene rings is 1. The molecule has 0 aliphatic carbocycles. The number of rotatable bonds is 3. The second-order valence-corrected chi connectivity index (χ2v) is 7.38. The molecule has 0 aliphatic rings. The molecule has 0 saturated carbocycles. The molecule has 8 heteroatoms. The highest BCUT2D eigenvalue weighted by Gasteiger charge is 2.09. The van der Waals surface area contributed by atoms with Gasteiger partial charge in [-0.2, -0.15) is 0 Å². The summed E-state index contributed by atoms with van der Waals surface area (Å²) in [4.78, 5) is 13.5. The molecule has 0 fully saturated rings. The van der Waals surface area contributed by atoms with Gasteiger partial charge in [-0.15, -0.1) is 11.3 Å². The topological polar surface area (TPSA) is 97.9 Å². The van der Waals surface area contributed by atoms with E-state index in [1.54, 1.807) is 6.08 Å². The number of hydrogen-bond acceptors (Lipinski definition) is 4. The van der Waals surface area contributed by atoms with Gasteiger partial charge in [-0.1, -0.05) is 12.6 Å². The molecule has 0 saturated heterocycles. The summed E-state index contributed by atoms with van der Waals surface area (Å²) in [6, 6.07) is 9.52. The summed E-state index contributed by atoms with van der Waals surface area (Å²) >= 11 is 1.52. The molecule has 2 heterocycles. The zero-order valence-electron chi connectivity index (χ0n) is 11.9. The summed E-state index contributed by atoms with van der Waals surface area (Å²) in [7, 11) is -3.76. The first-order valence-corrected chi connectivity index (χ1v) is 8.97. The van der Waals surface area contributed by atoms with Crippen molar-refractivity contribution < 1.29 is 8.42 Å². The van der Waals surface area contributed by atoms with Crippen LogP contribution in [0.4, 0.5) is 0 Å². The Labute approximate surface area is 135 Å². The van der Waals surface area contributed by atoms with E-state index in [0.29, 0.717) is 16.3 Å². The lowest BCUT2D eigenvalue weighted by molar-refractivity contribution is 0.598. The van der Waals surface area contributed by atoms with Gasteiger partial charge in [-0.3, -0.25) is 9.89 Å². The number of nitrogens with zero attached hydrogens (tertiary/aromatic N) is 1. The second-order valence-electron chi connectivity index (χ2n) is 4.84. The van der Waals surface area contributed by atoms with Gasteiger partial charge in [0.1, 0.15) is 0 Å². The summed E-state index contributed by atoms with van der Waals surface area (Å²) in [5, 5.41) is 10.8. The molecule has 0 spiro atoms. The number of H-pyrrole nitrogens is 1.